The van der Waals surface area contributed by atoms with Crippen molar-refractivity contribution in [1.82, 2.24) is 9.97 Å². The molecule has 0 saturated heterocycles. The molecule has 0 aliphatic rings. The first kappa shape index (κ1) is 11.6. The minimum Gasteiger partial charge on any atom is -0.392 e. The molecule has 0 bridgehead atoms. The molecule has 0 unspecified atom stereocenters. The van der Waals surface area contributed by atoms with Crippen molar-refractivity contribution in [2.45, 2.75) is 20.8 Å². The third kappa shape index (κ3) is 3.29. The fourth-order valence-corrected chi connectivity index (χ4v) is 1.26. The summed E-state index contributed by atoms with van der Waals surface area (Å²) in [4.78, 5) is 8.29. The van der Waals surface area contributed by atoms with Crippen molar-refractivity contribution in [3.8, 4) is 0 Å². The quantitative estimate of drug-likeness (QED) is 0.768. The monoisotopic (exact) mass is 204 g/mol. The summed E-state index contributed by atoms with van der Waals surface area (Å²) in [7, 11) is 0. The maximum Gasteiger partial charge on any atom is 0.155 e. The summed E-state index contributed by atoms with van der Waals surface area (Å²) < 4.78 is 0. The SMILES string of the molecule is CC(C)=C/C(CO)=C(\C)c1ncccn1. The Labute approximate surface area is 90.2 Å². The molecule has 80 valence electrons. The van der Waals surface area contributed by atoms with Gasteiger partial charge in [-0.15, -0.1) is 0 Å². The first-order valence-corrected chi connectivity index (χ1v) is 4.88. The predicted molar refractivity (Wildman–Crippen MR) is 61.1 cm³/mol. The molecule has 1 N–H and O–H groups in total. The van der Waals surface area contributed by atoms with Crippen molar-refractivity contribution in [1.29, 1.82) is 0 Å². The standard InChI is InChI=1S/C12H16N2O/c1-9(2)7-11(8-15)10(3)12-13-5-4-6-14-12/h4-7,15H,8H2,1-3H3/b11-10-. The number of aromatic nitrogens is 2. The molecular weight excluding hydrogens is 188 g/mol. The molecule has 0 radical (unpaired) electrons. The molecular formula is C12H16N2O. The first-order valence-electron chi connectivity index (χ1n) is 4.88. The summed E-state index contributed by atoms with van der Waals surface area (Å²) in [5.41, 5.74) is 2.93. The normalized spacial score (nSPS) is 12.0. The molecule has 1 aromatic rings. The third-order valence-electron chi connectivity index (χ3n) is 2.02. The van der Waals surface area contributed by atoms with E-state index < -0.39 is 0 Å². The highest BCUT2D eigenvalue weighted by Gasteiger charge is 2.03. The molecule has 0 aliphatic heterocycles. The van der Waals surface area contributed by atoms with Gasteiger partial charge in [-0.25, -0.2) is 9.97 Å². The molecule has 0 aromatic carbocycles. The largest absolute Gasteiger partial charge is 0.392 e. The van der Waals surface area contributed by atoms with Crippen LogP contribution in [0, 0.1) is 0 Å². The van der Waals surface area contributed by atoms with Crippen LogP contribution in [0.1, 0.15) is 26.6 Å². The lowest BCUT2D eigenvalue weighted by molar-refractivity contribution is 0.335. The number of rotatable bonds is 3. The van der Waals surface area contributed by atoms with E-state index in [0.29, 0.717) is 5.82 Å². The van der Waals surface area contributed by atoms with Crippen LogP contribution in [-0.2, 0) is 0 Å². The average molecular weight is 204 g/mol. The Bertz CT molecular complexity index is 376. The van der Waals surface area contributed by atoms with Gasteiger partial charge in [-0.3, -0.25) is 0 Å². The fraction of sp³-hybridized carbons (Fsp3) is 0.333. The second-order valence-corrected chi connectivity index (χ2v) is 3.60. The van der Waals surface area contributed by atoms with Crippen LogP contribution >= 0.6 is 0 Å². The number of nitrogens with zero attached hydrogens (tertiary/aromatic N) is 2. The molecule has 3 nitrogen and oxygen atoms in total. The van der Waals surface area contributed by atoms with Gasteiger partial charge in [0.15, 0.2) is 5.82 Å². The molecule has 15 heavy (non-hydrogen) atoms. The summed E-state index contributed by atoms with van der Waals surface area (Å²) in [6.45, 7) is 5.92. The summed E-state index contributed by atoms with van der Waals surface area (Å²) in [5.74, 6) is 0.666. The number of aliphatic hydroxyl groups excluding tert-OH is 1. The number of aliphatic hydroxyl groups is 1. The van der Waals surface area contributed by atoms with Gasteiger partial charge >= 0.3 is 0 Å². The van der Waals surface area contributed by atoms with Gasteiger partial charge in [0.05, 0.1) is 6.61 Å². The van der Waals surface area contributed by atoms with Gasteiger partial charge in [-0.1, -0.05) is 11.6 Å². The highest BCUT2D eigenvalue weighted by Crippen LogP contribution is 2.15. The van der Waals surface area contributed by atoms with Gasteiger partial charge in [-0.2, -0.15) is 0 Å². The summed E-state index contributed by atoms with van der Waals surface area (Å²) in [6, 6.07) is 1.77. The maximum atomic E-state index is 9.25. The molecule has 1 aromatic heterocycles. The zero-order chi connectivity index (χ0) is 11.3. The lowest BCUT2D eigenvalue weighted by atomic mass is 10.1. The summed E-state index contributed by atoms with van der Waals surface area (Å²) in [5, 5.41) is 9.25. The molecule has 1 rings (SSSR count). The van der Waals surface area contributed by atoms with Crippen molar-refractivity contribution in [3.63, 3.8) is 0 Å². The van der Waals surface area contributed by atoms with Crippen molar-refractivity contribution in [2.75, 3.05) is 6.61 Å². The Morgan fingerprint density at radius 3 is 2.33 bits per heavy atom. The Hall–Kier alpha value is -1.48. The maximum absolute atomic E-state index is 9.25. The van der Waals surface area contributed by atoms with Crippen LogP contribution < -0.4 is 0 Å². The van der Waals surface area contributed by atoms with Crippen LogP contribution in [0.5, 0.6) is 0 Å². The van der Waals surface area contributed by atoms with Crippen molar-refractivity contribution >= 4 is 5.57 Å². The molecule has 1 heterocycles. The highest BCUT2D eigenvalue weighted by molar-refractivity contribution is 5.64. The molecule has 0 atom stereocenters. The van der Waals surface area contributed by atoms with E-state index in [9.17, 15) is 5.11 Å². The molecule has 3 heteroatoms. The minimum atomic E-state index is 0.00919. The number of hydrogen-bond donors (Lipinski definition) is 1. The topological polar surface area (TPSA) is 46.0 Å². The zero-order valence-corrected chi connectivity index (χ0v) is 9.36. The summed E-state index contributed by atoms with van der Waals surface area (Å²) >= 11 is 0. The highest BCUT2D eigenvalue weighted by atomic mass is 16.3. The van der Waals surface area contributed by atoms with Crippen LogP contribution in [0.4, 0.5) is 0 Å². The molecule has 0 fully saturated rings. The van der Waals surface area contributed by atoms with Crippen LogP contribution in [0.25, 0.3) is 5.57 Å². The molecule has 0 saturated carbocycles. The Balaban J connectivity index is 3.12. The molecule has 0 aliphatic carbocycles. The van der Waals surface area contributed by atoms with Crippen molar-refractivity contribution < 1.29 is 5.11 Å². The van der Waals surface area contributed by atoms with E-state index in [1.54, 1.807) is 18.5 Å². The Morgan fingerprint density at radius 2 is 1.87 bits per heavy atom. The predicted octanol–water partition coefficient (Wildman–Crippen LogP) is 2.21. The van der Waals surface area contributed by atoms with Crippen LogP contribution in [0.2, 0.25) is 0 Å². The second kappa shape index (κ2) is 5.41. The Morgan fingerprint density at radius 1 is 1.27 bits per heavy atom. The van der Waals surface area contributed by atoms with Gasteiger partial charge < -0.3 is 5.11 Å². The zero-order valence-electron chi connectivity index (χ0n) is 9.36. The van der Waals surface area contributed by atoms with Crippen LogP contribution in [-0.4, -0.2) is 21.7 Å². The van der Waals surface area contributed by atoms with E-state index >= 15 is 0 Å². The average Bonchev–Trinajstić information content (AvgIpc) is 2.26. The Kier molecular flexibility index (Phi) is 4.18. The van der Waals surface area contributed by atoms with Crippen molar-refractivity contribution in [3.05, 3.63) is 41.5 Å². The van der Waals surface area contributed by atoms with Crippen LogP contribution in [0.3, 0.4) is 0 Å². The van der Waals surface area contributed by atoms with Gasteiger partial charge in [0.2, 0.25) is 0 Å². The first-order chi connectivity index (χ1) is 7.15. The van der Waals surface area contributed by atoms with Gasteiger partial charge in [0.25, 0.3) is 0 Å². The van der Waals surface area contributed by atoms with E-state index in [1.807, 2.05) is 26.8 Å². The van der Waals surface area contributed by atoms with E-state index in [-0.39, 0.29) is 6.61 Å². The number of hydrogen-bond acceptors (Lipinski definition) is 3. The smallest absolute Gasteiger partial charge is 0.155 e. The lowest BCUT2D eigenvalue weighted by Crippen LogP contribution is -1.96. The van der Waals surface area contributed by atoms with Crippen molar-refractivity contribution in [2.24, 2.45) is 0 Å². The second-order valence-electron chi connectivity index (χ2n) is 3.60. The fourth-order valence-electron chi connectivity index (χ4n) is 1.26. The third-order valence-corrected chi connectivity index (χ3v) is 2.02. The van der Waals surface area contributed by atoms with Gasteiger partial charge in [0.1, 0.15) is 0 Å². The lowest BCUT2D eigenvalue weighted by Gasteiger charge is -2.05. The van der Waals surface area contributed by atoms with E-state index in [0.717, 1.165) is 16.7 Å². The van der Waals surface area contributed by atoms with Gasteiger partial charge in [0, 0.05) is 12.4 Å². The summed E-state index contributed by atoms with van der Waals surface area (Å²) in [6.07, 6.45) is 5.35. The van der Waals surface area contributed by atoms with E-state index in [2.05, 4.69) is 9.97 Å². The molecule has 0 spiro atoms. The molecule has 0 amide bonds. The van der Waals surface area contributed by atoms with E-state index in [4.69, 9.17) is 0 Å². The van der Waals surface area contributed by atoms with Crippen LogP contribution in [0.15, 0.2) is 35.7 Å². The van der Waals surface area contributed by atoms with Gasteiger partial charge in [-0.05, 0) is 38.0 Å². The van der Waals surface area contributed by atoms with E-state index in [1.165, 1.54) is 0 Å². The minimum absolute atomic E-state index is 0.00919. The number of allylic oxidation sites excluding steroid dienone is 2.